The highest BCUT2D eigenvalue weighted by molar-refractivity contribution is 9.10. The Morgan fingerprint density at radius 2 is 2.11 bits per heavy atom. The summed E-state index contributed by atoms with van der Waals surface area (Å²) in [5.74, 6) is -0.0869. The standard InChI is InChI=1S/C13H15BrN4O/c1-3-9(2)17-13(19)11-6-10(4-5-12(11)14)18-7-15-16-8-18/h4-9H,3H2,1-2H3,(H,17,19)/t9-/m1/s1. The molecule has 2 aromatic rings. The van der Waals surface area contributed by atoms with Gasteiger partial charge in [-0.15, -0.1) is 10.2 Å². The lowest BCUT2D eigenvalue weighted by atomic mass is 10.1. The number of aromatic nitrogens is 3. The Morgan fingerprint density at radius 3 is 2.74 bits per heavy atom. The topological polar surface area (TPSA) is 59.8 Å². The Morgan fingerprint density at radius 1 is 1.42 bits per heavy atom. The van der Waals surface area contributed by atoms with E-state index in [2.05, 4.69) is 31.4 Å². The third-order valence-corrected chi connectivity index (χ3v) is 3.59. The molecule has 1 aromatic carbocycles. The highest BCUT2D eigenvalue weighted by Crippen LogP contribution is 2.20. The van der Waals surface area contributed by atoms with Crippen molar-refractivity contribution in [3.63, 3.8) is 0 Å². The van der Waals surface area contributed by atoms with E-state index in [4.69, 9.17) is 0 Å². The smallest absolute Gasteiger partial charge is 0.252 e. The molecule has 1 heterocycles. The van der Waals surface area contributed by atoms with Crippen molar-refractivity contribution in [3.8, 4) is 5.69 Å². The van der Waals surface area contributed by atoms with Gasteiger partial charge in [0.25, 0.3) is 5.91 Å². The van der Waals surface area contributed by atoms with E-state index in [1.54, 1.807) is 17.2 Å². The van der Waals surface area contributed by atoms with Crippen molar-refractivity contribution < 1.29 is 4.79 Å². The van der Waals surface area contributed by atoms with Crippen molar-refractivity contribution in [2.24, 2.45) is 0 Å². The third kappa shape index (κ3) is 3.20. The van der Waals surface area contributed by atoms with Crippen LogP contribution in [0.25, 0.3) is 5.69 Å². The molecule has 0 saturated heterocycles. The van der Waals surface area contributed by atoms with Crippen LogP contribution in [0.5, 0.6) is 0 Å². The maximum atomic E-state index is 12.2. The molecular weight excluding hydrogens is 308 g/mol. The molecule has 0 unspecified atom stereocenters. The SMILES string of the molecule is CC[C@@H](C)NC(=O)c1cc(-n2cnnc2)ccc1Br. The first-order chi connectivity index (χ1) is 9.11. The van der Waals surface area contributed by atoms with Gasteiger partial charge in [0.15, 0.2) is 0 Å². The fourth-order valence-electron chi connectivity index (χ4n) is 1.59. The fraction of sp³-hybridized carbons (Fsp3) is 0.308. The highest BCUT2D eigenvalue weighted by atomic mass is 79.9. The van der Waals surface area contributed by atoms with Gasteiger partial charge in [0, 0.05) is 16.2 Å². The van der Waals surface area contributed by atoms with Crippen LogP contribution in [0.3, 0.4) is 0 Å². The Balaban J connectivity index is 2.30. The first-order valence-electron chi connectivity index (χ1n) is 6.07. The lowest BCUT2D eigenvalue weighted by Gasteiger charge is -2.13. The second kappa shape index (κ2) is 5.97. The predicted molar refractivity (Wildman–Crippen MR) is 76.3 cm³/mol. The van der Waals surface area contributed by atoms with Crippen molar-refractivity contribution in [1.82, 2.24) is 20.1 Å². The second-order valence-electron chi connectivity index (χ2n) is 4.32. The van der Waals surface area contributed by atoms with E-state index in [1.165, 1.54) is 0 Å². The normalized spacial score (nSPS) is 12.2. The molecule has 1 atom stereocenters. The second-order valence-corrected chi connectivity index (χ2v) is 5.17. The summed E-state index contributed by atoms with van der Waals surface area (Å²) in [5, 5.41) is 10.5. The van der Waals surface area contributed by atoms with E-state index in [9.17, 15) is 4.79 Å². The minimum Gasteiger partial charge on any atom is -0.350 e. The van der Waals surface area contributed by atoms with Gasteiger partial charge in [-0.25, -0.2) is 0 Å². The minimum absolute atomic E-state index is 0.0869. The molecule has 0 radical (unpaired) electrons. The van der Waals surface area contributed by atoms with Crippen molar-refractivity contribution in [1.29, 1.82) is 0 Å². The van der Waals surface area contributed by atoms with E-state index in [0.29, 0.717) is 5.56 Å². The van der Waals surface area contributed by atoms with Crippen molar-refractivity contribution in [2.45, 2.75) is 26.3 Å². The van der Waals surface area contributed by atoms with Gasteiger partial charge in [0.2, 0.25) is 0 Å². The van der Waals surface area contributed by atoms with Crippen LogP contribution in [0.2, 0.25) is 0 Å². The van der Waals surface area contributed by atoms with E-state index >= 15 is 0 Å². The molecule has 0 aliphatic carbocycles. The molecule has 19 heavy (non-hydrogen) atoms. The summed E-state index contributed by atoms with van der Waals surface area (Å²) in [5.41, 5.74) is 1.45. The van der Waals surface area contributed by atoms with Gasteiger partial charge >= 0.3 is 0 Å². The summed E-state index contributed by atoms with van der Waals surface area (Å²) < 4.78 is 2.53. The van der Waals surface area contributed by atoms with Crippen molar-refractivity contribution in [3.05, 3.63) is 40.9 Å². The van der Waals surface area contributed by atoms with Crippen LogP contribution in [0.1, 0.15) is 30.6 Å². The van der Waals surface area contributed by atoms with Gasteiger partial charge in [-0.3, -0.25) is 9.36 Å². The zero-order chi connectivity index (χ0) is 13.8. The molecule has 0 aliphatic heterocycles. The first kappa shape index (κ1) is 13.7. The quantitative estimate of drug-likeness (QED) is 0.941. The number of nitrogens with zero attached hydrogens (tertiary/aromatic N) is 3. The predicted octanol–water partition coefficient (Wildman–Crippen LogP) is 2.56. The number of nitrogens with one attached hydrogen (secondary N) is 1. The number of benzene rings is 1. The van der Waals surface area contributed by atoms with Gasteiger partial charge in [0.1, 0.15) is 12.7 Å². The summed E-state index contributed by atoms with van der Waals surface area (Å²) >= 11 is 3.40. The van der Waals surface area contributed by atoms with E-state index < -0.39 is 0 Å². The minimum atomic E-state index is -0.0869. The number of halogens is 1. The maximum absolute atomic E-state index is 12.2. The molecule has 0 saturated carbocycles. The maximum Gasteiger partial charge on any atom is 0.252 e. The zero-order valence-electron chi connectivity index (χ0n) is 10.8. The molecule has 100 valence electrons. The summed E-state index contributed by atoms with van der Waals surface area (Å²) in [4.78, 5) is 12.2. The number of carbonyl (C=O) groups is 1. The fourth-order valence-corrected chi connectivity index (χ4v) is 2.01. The molecular formula is C13H15BrN4O. The van der Waals surface area contributed by atoms with E-state index in [-0.39, 0.29) is 11.9 Å². The Kier molecular flexibility index (Phi) is 4.31. The number of amides is 1. The highest BCUT2D eigenvalue weighted by Gasteiger charge is 2.13. The Hall–Kier alpha value is -1.69. The van der Waals surface area contributed by atoms with Gasteiger partial charge in [-0.05, 0) is 47.5 Å². The van der Waals surface area contributed by atoms with E-state index in [0.717, 1.165) is 16.6 Å². The van der Waals surface area contributed by atoms with Crippen molar-refractivity contribution in [2.75, 3.05) is 0 Å². The molecule has 0 fully saturated rings. The number of hydrogen-bond donors (Lipinski definition) is 1. The molecule has 2 rings (SSSR count). The largest absolute Gasteiger partial charge is 0.350 e. The van der Waals surface area contributed by atoms with Crippen LogP contribution >= 0.6 is 15.9 Å². The van der Waals surface area contributed by atoms with Crippen molar-refractivity contribution >= 4 is 21.8 Å². The molecule has 0 aliphatic rings. The third-order valence-electron chi connectivity index (χ3n) is 2.90. The summed E-state index contributed by atoms with van der Waals surface area (Å²) in [6.45, 7) is 4.02. The number of hydrogen-bond acceptors (Lipinski definition) is 3. The molecule has 1 amide bonds. The van der Waals surface area contributed by atoms with Crippen LogP contribution in [-0.2, 0) is 0 Å². The first-order valence-corrected chi connectivity index (χ1v) is 6.86. The molecule has 1 N–H and O–H groups in total. The summed E-state index contributed by atoms with van der Waals surface area (Å²) in [7, 11) is 0. The molecule has 1 aromatic heterocycles. The molecule has 0 spiro atoms. The van der Waals surface area contributed by atoms with Crippen LogP contribution in [-0.4, -0.2) is 26.7 Å². The number of rotatable bonds is 4. The molecule has 5 nitrogen and oxygen atoms in total. The molecule has 6 heteroatoms. The monoisotopic (exact) mass is 322 g/mol. The lowest BCUT2D eigenvalue weighted by molar-refractivity contribution is 0.0938. The zero-order valence-corrected chi connectivity index (χ0v) is 12.4. The summed E-state index contributed by atoms with van der Waals surface area (Å²) in [6.07, 6.45) is 4.09. The lowest BCUT2D eigenvalue weighted by Crippen LogP contribution is -2.32. The van der Waals surface area contributed by atoms with E-state index in [1.807, 2.05) is 32.0 Å². The van der Waals surface area contributed by atoms with Crippen LogP contribution in [0, 0.1) is 0 Å². The number of carbonyl (C=O) groups excluding carboxylic acids is 1. The Bertz CT molecular complexity index is 568. The summed E-state index contributed by atoms with van der Waals surface area (Å²) in [6, 6.07) is 5.71. The Labute approximate surface area is 120 Å². The van der Waals surface area contributed by atoms with Gasteiger partial charge in [-0.1, -0.05) is 6.92 Å². The van der Waals surface area contributed by atoms with Gasteiger partial charge in [0.05, 0.1) is 5.56 Å². The molecule has 0 bridgehead atoms. The average molecular weight is 323 g/mol. The van der Waals surface area contributed by atoms with Gasteiger partial charge in [-0.2, -0.15) is 0 Å². The average Bonchev–Trinajstić information content (AvgIpc) is 2.93. The van der Waals surface area contributed by atoms with Crippen LogP contribution in [0.4, 0.5) is 0 Å². The van der Waals surface area contributed by atoms with Crippen LogP contribution < -0.4 is 5.32 Å². The van der Waals surface area contributed by atoms with Gasteiger partial charge < -0.3 is 5.32 Å². The van der Waals surface area contributed by atoms with Crippen LogP contribution in [0.15, 0.2) is 35.3 Å².